The van der Waals surface area contributed by atoms with Gasteiger partial charge < -0.3 is 19.5 Å². The molecule has 2 N–H and O–H groups in total. The zero-order chi connectivity index (χ0) is 18.5. The molecule has 1 aromatic rings. The first-order valence-corrected chi connectivity index (χ1v) is 9.22. The SMILES string of the molecule is CC(C)(O)C(C)(C)OB(O)c1ccc(OCCN2CCCCC2)cc1. The molecule has 2 rings (SSSR count). The lowest BCUT2D eigenvalue weighted by molar-refractivity contribution is -0.0982. The minimum atomic E-state index is -1.09. The van der Waals surface area contributed by atoms with Crippen molar-refractivity contribution in [2.75, 3.05) is 26.2 Å². The number of likely N-dealkylation sites (tertiary alicyclic amines) is 1. The lowest BCUT2D eigenvalue weighted by Crippen LogP contribution is -2.53. The summed E-state index contributed by atoms with van der Waals surface area (Å²) in [5, 5.41) is 20.4. The van der Waals surface area contributed by atoms with Gasteiger partial charge >= 0.3 is 7.12 Å². The summed E-state index contributed by atoms with van der Waals surface area (Å²) in [7, 11) is -1.09. The molecule has 0 radical (unpaired) electrons. The lowest BCUT2D eigenvalue weighted by Gasteiger charge is -2.38. The molecule has 1 fully saturated rings. The maximum atomic E-state index is 10.3. The molecule has 0 bridgehead atoms. The van der Waals surface area contributed by atoms with Crippen molar-refractivity contribution in [3.05, 3.63) is 24.3 Å². The smallest absolute Gasteiger partial charge is 0.491 e. The second-order valence-corrected chi connectivity index (χ2v) is 7.86. The van der Waals surface area contributed by atoms with E-state index < -0.39 is 18.3 Å². The van der Waals surface area contributed by atoms with Gasteiger partial charge in [-0.05, 0) is 71.2 Å². The van der Waals surface area contributed by atoms with Crippen LogP contribution in [-0.2, 0) is 4.65 Å². The van der Waals surface area contributed by atoms with Crippen molar-refractivity contribution in [2.24, 2.45) is 0 Å². The quantitative estimate of drug-likeness (QED) is 0.701. The van der Waals surface area contributed by atoms with E-state index in [0.29, 0.717) is 12.1 Å². The first-order valence-electron chi connectivity index (χ1n) is 9.22. The maximum absolute atomic E-state index is 10.3. The Labute approximate surface area is 152 Å². The first-order chi connectivity index (χ1) is 11.7. The first kappa shape index (κ1) is 20.2. The van der Waals surface area contributed by atoms with E-state index in [9.17, 15) is 10.1 Å². The maximum Gasteiger partial charge on any atom is 0.491 e. The molecule has 6 heteroatoms. The number of nitrogens with zero attached hydrogens (tertiary/aromatic N) is 1. The molecule has 0 atom stereocenters. The van der Waals surface area contributed by atoms with Gasteiger partial charge in [0.15, 0.2) is 0 Å². The van der Waals surface area contributed by atoms with Crippen LogP contribution in [0.2, 0.25) is 0 Å². The van der Waals surface area contributed by atoms with Crippen molar-refractivity contribution >= 4 is 12.6 Å². The van der Waals surface area contributed by atoms with Gasteiger partial charge in [-0.25, -0.2) is 0 Å². The third-order valence-electron chi connectivity index (χ3n) is 5.17. The molecule has 0 aromatic heterocycles. The molecule has 1 saturated heterocycles. The van der Waals surface area contributed by atoms with Gasteiger partial charge in [0, 0.05) is 6.54 Å². The van der Waals surface area contributed by atoms with E-state index in [-0.39, 0.29) is 0 Å². The van der Waals surface area contributed by atoms with Crippen molar-refractivity contribution in [3.63, 3.8) is 0 Å². The van der Waals surface area contributed by atoms with Crippen LogP contribution in [0.25, 0.3) is 0 Å². The summed E-state index contributed by atoms with van der Waals surface area (Å²) in [6, 6.07) is 7.27. The molecular weight excluding hydrogens is 317 g/mol. The molecule has 25 heavy (non-hydrogen) atoms. The molecule has 1 heterocycles. The van der Waals surface area contributed by atoms with E-state index in [0.717, 1.165) is 12.3 Å². The summed E-state index contributed by atoms with van der Waals surface area (Å²) < 4.78 is 11.4. The standard InChI is InChI=1S/C19H32BNO4/c1-18(2,22)19(3,4)25-20(23)16-8-10-17(11-9-16)24-15-14-21-12-6-5-7-13-21/h8-11,22-23H,5-7,12-15H2,1-4H3. The fraction of sp³-hybridized carbons (Fsp3) is 0.684. The van der Waals surface area contributed by atoms with E-state index in [1.807, 2.05) is 12.1 Å². The van der Waals surface area contributed by atoms with Crippen LogP contribution in [0.15, 0.2) is 24.3 Å². The summed E-state index contributed by atoms with van der Waals surface area (Å²) in [5.41, 5.74) is -1.30. The van der Waals surface area contributed by atoms with Gasteiger partial charge in [-0.2, -0.15) is 0 Å². The van der Waals surface area contributed by atoms with E-state index in [1.165, 1.54) is 32.4 Å². The van der Waals surface area contributed by atoms with Crippen LogP contribution in [0, 0.1) is 0 Å². The van der Waals surface area contributed by atoms with E-state index in [1.54, 1.807) is 39.8 Å². The van der Waals surface area contributed by atoms with Crippen molar-refractivity contribution in [2.45, 2.75) is 58.2 Å². The number of hydrogen-bond acceptors (Lipinski definition) is 5. The fourth-order valence-electron chi connectivity index (χ4n) is 2.70. The van der Waals surface area contributed by atoms with Gasteiger partial charge in [-0.3, -0.25) is 4.90 Å². The van der Waals surface area contributed by atoms with Gasteiger partial charge in [-0.1, -0.05) is 18.6 Å². The average Bonchev–Trinajstić information content (AvgIpc) is 2.55. The third kappa shape index (κ3) is 5.99. The minimum absolute atomic E-state index is 0.640. The number of hydrogen-bond donors (Lipinski definition) is 2. The molecule has 0 amide bonds. The number of ether oxygens (including phenoxy) is 1. The van der Waals surface area contributed by atoms with Crippen molar-refractivity contribution < 1.29 is 19.5 Å². The van der Waals surface area contributed by atoms with Crippen LogP contribution in [0.4, 0.5) is 0 Å². The molecule has 5 nitrogen and oxygen atoms in total. The largest absolute Gasteiger partial charge is 0.492 e. The molecule has 1 aliphatic rings. The fourth-order valence-corrected chi connectivity index (χ4v) is 2.70. The van der Waals surface area contributed by atoms with Crippen LogP contribution < -0.4 is 10.2 Å². The van der Waals surface area contributed by atoms with Gasteiger partial charge in [0.05, 0.1) is 11.2 Å². The van der Waals surface area contributed by atoms with Crippen LogP contribution in [0.3, 0.4) is 0 Å². The predicted molar refractivity (Wildman–Crippen MR) is 101 cm³/mol. The topological polar surface area (TPSA) is 62.2 Å². The van der Waals surface area contributed by atoms with Gasteiger partial charge in [-0.15, -0.1) is 0 Å². The Morgan fingerprint density at radius 2 is 1.64 bits per heavy atom. The zero-order valence-corrected chi connectivity index (χ0v) is 16.0. The molecule has 0 spiro atoms. The summed E-state index contributed by atoms with van der Waals surface area (Å²) in [6.45, 7) is 10.8. The van der Waals surface area contributed by atoms with Crippen LogP contribution in [0.5, 0.6) is 5.75 Å². The molecule has 0 aliphatic carbocycles. The number of aliphatic hydroxyl groups is 1. The second-order valence-electron chi connectivity index (χ2n) is 7.86. The van der Waals surface area contributed by atoms with Crippen LogP contribution in [0.1, 0.15) is 47.0 Å². The Balaban J connectivity index is 1.82. The van der Waals surface area contributed by atoms with Crippen LogP contribution >= 0.6 is 0 Å². The van der Waals surface area contributed by atoms with Crippen LogP contribution in [-0.4, -0.2) is 59.6 Å². The van der Waals surface area contributed by atoms with Gasteiger partial charge in [0.25, 0.3) is 0 Å². The highest BCUT2D eigenvalue weighted by Gasteiger charge is 2.39. The molecule has 0 unspecified atom stereocenters. The summed E-state index contributed by atoms with van der Waals surface area (Å²) in [4.78, 5) is 2.44. The molecule has 1 aliphatic heterocycles. The number of benzene rings is 1. The van der Waals surface area contributed by atoms with E-state index in [2.05, 4.69) is 4.90 Å². The Kier molecular flexibility index (Phi) is 6.91. The van der Waals surface area contributed by atoms with Gasteiger partial charge in [0.2, 0.25) is 0 Å². The Morgan fingerprint density at radius 3 is 2.20 bits per heavy atom. The average molecular weight is 349 g/mol. The van der Waals surface area contributed by atoms with Gasteiger partial charge in [0.1, 0.15) is 12.4 Å². The van der Waals surface area contributed by atoms with Crippen molar-refractivity contribution in [1.29, 1.82) is 0 Å². The normalized spacial score (nSPS) is 16.7. The third-order valence-corrected chi connectivity index (χ3v) is 5.17. The van der Waals surface area contributed by atoms with Crippen molar-refractivity contribution in [3.8, 4) is 5.75 Å². The lowest BCUT2D eigenvalue weighted by atomic mass is 9.76. The highest BCUT2D eigenvalue weighted by Crippen LogP contribution is 2.25. The number of piperidine rings is 1. The zero-order valence-electron chi connectivity index (χ0n) is 16.0. The Bertz CT molecular complexity index is 521. The molecule has 0 saturated carbocycles. The minimum Gasteiger partial charge on any atom is -0.492 e. The van der Waals surface area contributed by atoms with Crippen molar-refractivity contribution in [1.82, 2.24) is 4.90 Å². The van der Waals surface area contributed by atoms with E-state index >= 15 is 0 Å². The Morgan fingerprint density at radius 1 is 1.04 bits per heavy atom. The highest BCUT2D eigenvalue weighted by molar-refractivity contribution is 6.60. The Hall–Kier alpha value is -1.08. The summed E-state index contributed by atoms with van der Waals surface area (Å²) in [6.07, 6.45) is 3.91. The predicted octanol–water partition coefficient (Wildman–Crippen LogP) is 1.80. The highest BCUT2D eigenvalue weighted by atomic mass is 16.5. The summed E-state index contributed by atoms with van der Waals surface area (Å²) >= 11 is 0. The number of rotatable bonds is 8. The molecule has 140 valence electrons. The monoisotopic (exact) mass is 349 g/mol. The molecule has 1 aromatic carbocycles. The second kappa shape index (κ2) is 8.54. The molecular formula is C19H32BNO4. The summed E-state index contributed by atoms with van der Waals surface area (Å²) in [5.74, 6) is 0.787. The van der Waals surface area contributed by atoms with E-state index in [4.69, 9.17) is 9.39 Å².